The van der Waals surface area contributed by atoms with Gasteiger partial charge in [0.05, 0.1) is 0 Å². The highest BCUT2D eigenvalue weighted by atomic mass is 32.1. The zero-order valence-corrected chi connectivity index (χ0v) is 12.9. The van der Waals surface area contributed by atoms with Crippen molar-refractivity contribution in [1.29, 1.82) is 0 Å². The molecule has 2 heterocycles. The lowest BCUT2D eigenvalue weighted by atomic mass is 9.96. The van der Waals surface area contributed by atoms with E-state index in [2.05, 4.69) is 5.32 Å². The van der Waals surface area contributed by atoms with Crippen molar-refractivity contribution in [2.24, 2.45) is 5.92 Å². The molecule has 0 aliphatic carbocycles. The highest BCUT2D eigenvalue weighted by Gasteiger charge is 2.36. The van der Waals surface area contributed by atoms with Crippen LogP contribution in [-0.2, 0) is 9.59 Å². The predicted molar refractivity (Wildman–Crippen MR) is 85.6 cm³/mol. The minimum atomic E-state index is -0.422. The summed E-state index contributed by atoms with van der Waals surface area (Å²) in [5.41, 5.74) is 0.800. The summed E-state index contributed by atoms with van der Waals surface area (Å²) in [7, 11) is 0. The lowest BCUT2D eigenvalue weighted by molar-refractivity contribution is -0.132. The van der Waals surface area contributed by atoms with Gasteiger partial charge in [0, 0.05) is 10.4 Å². The quantitative estimate of drug-likeness (QED) is 0.948. The summed E-state index contributed by atoms with van der Waals surface area (Å²) in [6.45, 7) is 4.12. The van der Waals surface area contributed by atoms with Gasteiger partial charge in [-0.3, -0.25) is 9.59 Å². The van der Waals surface area contributed by atoms with E-state index in [1.807, 2.05) is 43.5 Å². The molecule has 1 fully saturated rings. The molecule has 110 valence electrons. The largest absolute Gasteiger partial charge is 0.342 e. The second-order valence-corrected chi connectivity index (χ2v) is 6.45. The number of nitrogens with zero attached hydrogens (tertiary/aromatic N) is 1. The van der Waals surface area contributed by atoms with Crippen molar-refractivity contribution in [3.63, 3.8) is 0 Å². The Labute approximate surface area is 127 Å². The number of thiophene rings is 1. The second kappa shape index (κ2) is 5.48. The van der Waals surface area contributed by atoms with Crippen LogP contribution in [0.5, 0.6) is 0 Å². The molecule has 1 aliphatic rings. The molecule has 2 unspecified atom stereocenters. The van der Waals surface area contributed by atoms with E-state index < -0.39 is 6.04 Å². The van der Waals surface area contributed by atoms with Crippen molar-refractivity contribution in [3.8, 4) is 0 Å². The van der Waals surface area contributed by atoms with Crippen molar-refractivity contribution in [3.05, 3.63) is 29.6 Å². The first-order chi connectivity index (χ1) is 10.1. The highest BCUT2D eigenvalue weighted by Crippen LogP contribution is 2.28. The lowest BCUT2D eigenvalue weighted by Crippen LogP contribution is -2.60. The summed E-state index contributed by atoms with van der Waals surface area (Å²) < 4.78 is 1.19. The third-order valence-electron chi connectivity index (χ3n) is 4.11. The molecule has 5 heteroatoms. The van der Waals surface area contributed by atoms with E-state index in [0.29, 0.717) is 0 Å². The number of fused-ring (bicyclic) bond motifs is 1. The number of piperazine rings is 1. The lowest BCUT2D eigenvalue weighted by Gasteiger charge is -2.35. The molecule has 21 heavy (non-hydrogen) atoms. The van der Waals surface area contributed by atoms with E-state index in [4.69, 9.17) is 0 Å². The molecule has 0 spiro atoms. The van der Waals surface area contributed by atoms with Crippen molar-refractivity contribution in [2.45, 2.75) is 26.3 Å². The van der Waals surface area contributed by atoms with E-state index >= 15 is 0 Å². The Bertz CT molecular complexity index is 694. The predicted octanol–water partition coefficient (Wildman–Crippen LogP) is 2.78. The molecule has 0 radical (unpaired) electrons. The van der Waals surface area contributed by atoms with Gasteiger partial charge >= 0.3 is 0 Å². The normalized spacial score (nSPS) is 20.7. The number of hydrogen-bond donors (Lipinski definition) is 1. The van der Waals surface area contributed by atoms with Gasteiger partial charge in [-0.1, -0.05) is 20.3 Å². The molecule has 2 atom stereocenters. The maximum absolute atomic E-state index is 12.7. The average molecular weight is 302 g/mol. The number of nitrogens with one attached hydrogen (secondary N) is 1. The zero-order valence-electron chi connectivity index (χ0n) is 12.1. The number of anilines is 1. The zero-order chi connectivity index (χ0) is 15.0. The van der Waals surface area contributed by atoms with E-state index in [9.17, 15) is 9.59 Å². The van der Waals surface area contributed by atoms with Gasteiger partial charge in [0.1, 0.15) is 12.6 Å². The van der Waals surface area contributed by atoms with Crippen LogP contribution in [0.1, 0.15) is 20.3 Å². The van der Waals surface area contributed by atoms with Gasteiger partial charge in [0.2, 0.25) is 11.8 Å². The van der Waals surface area contributed by atoms with Crippen molar-refractivity contribution >= 4 is 38.9 Å². The minimum absolute atomic E-state index is 0.0153. The fourth-order valence-corrected chi connectivity index (χ4v) is 3.40. The molecule has 1 N–H and O–H groups in total. The number of carbonyl (C=O) groups excluding carboxylic acids is 2. The summed E-state index contributed by atoms with van der Waals surface area (Å²) >= 11 is 1.67. The van der Waals surface area contributed by atoms with E-state index in [-0.39, 0.29) is 24.3 Å². The summed E-state index contributed by atoms with van der Waals surface area (Å²) in [5.74, 6) is 0.0259. The van der Waals surface area contributed by atoms with Crippen LogP contribution in [0.3, 0.4) is 0 Å². The van der Waals surface area contributed by atoms with Crippen LogP contribution >= 0.6 is 11.3 Å². The van der Waals surface area contributed by atoms with Crippen molar-refractivity contribution in [1.82, 2.24) is 5.32 Å². The van der Waals surface area contributed by atoms with Crippen LogP contribution in [0.2, 0.25) is 0 Å². The summed E-state index contributed by atoms with van der Waals surface area (Å²) in [5, 5.41) is 5.96. The molecule has 2 amide bonds. The molecule has 1 aromatic carbocycles. The third kappa shape index (κ3) is 2.53. The highest BCUT2D eigenvalue weighted by molar-refractivity contribution is 7.17. The van der Waals surface area contributed by atoms with Gasteiger partial charge in [-0.15, -0.1) is 11.3 Å². The van der Waals surface area contributed by atoms with Gasteiger partial charge < -0.3 is 10.2 Å². The molecular weight excluding hydrogens is 284 g/mol. The second-order valence-electron chi connectivity index (χ2n) is 5.50. The topological polar surface area (TPSA) is 49.4 Å². The number of benzene rings is 1. The summed E-state index contributed by atoms with van der Waals surface area (Å²) in [4.78, 5) is 26.2. The maximum atomic E-state index is 12.7. The Morgan fingerprint density at radius 2 is 2.19 bits per heavy atom. The molecule has 3 rings (SSSR count). The Morgan fingerprint density at radius 3 is 2.95 bits per heavy atom. The first kappa shape index (κ1) is 14.1. The number of amides is 2. The van der Waals surface area contributed by atoms with Crippen molar-refractivity contribution in [2.75, 3.05) is 11.4 Å². The number of rotatable bonds is 3. The van der Waals surface area contributed by atoms with Gasteiger partial charge in [-0.25, -0.2) is 0 Å². The molecule has 1 saturated heterocycles. The molecule has 0 bridgehead atoms. The van der Waals surface area contributed by atoms with Crippen LogP contribution in [0.25, 0.3) is 10.1 Å². The van der Waals surface area contributed by atoms with Gasteiger partial charge in [-0.05, 0) is 40.9 Å². The fraction of sp³-hybridized carbons (Fsp3) is 0.375. The Balaban J connectivity index is 1.95. The smallest absolute Gasteiger partial charge is 0.250 e. The maximum Gasteiger partial charge on any atom is 0.250 e. The summed E-state index contributed by atoms with van der Waals surface area (Å²) in [6.07, 6.45) is 0.855. The number of hydrogen-bond acceptors (Lipinski definition) is 3. The Hall–Kier alpha value is -1.88. The minimum Gasteiger partial charge on any atom is -0.342 e. The third-order valence-corrected chi connectivity index (χ3v) is 5.01. The van der Waals surface area contributed by atoms with E-state index in [1.54, 1.807) is 16.2 Å². The Kier molecular flexibility index (Phi) is 3.68. The van der Waals surface area contributed by atoms with Crippen LogP contribution in [0, 0.1) is 5.92 Å². The first-order valence-corrected chi connectivity index (χ1v) is 8.06. The van der Waals surface area contributed by atoms with Crippen LogP contribution in [0.15, 0.2) is 29.6 Å². The van der Waals surface area contributed by atoms with Gasteiger partial charge in [0.15, 0.2) is 0 Å². The first-order valence-electron chi connectivity index (χ1n) is 7.18. The van der Waals surface area contributed by atoms with Crippen LogP contribution in [0.4, 0.5) is 5.69 Å². The van der Waals surface area contributed by atoms with Gasteiger partial charge in [0.25, 0.3) is 0 Å². The van der Waals surface area contributed by atoms with Crippen LogP contribution in [-0.4, -0.2) is 24.4 Å². The molecular formula is C16H18N2O2S. The number of carbonyl (C=O) groups is 2. The Morgan fingerprint density at radius 1 is 1.38 bits per heavy atom. The van der Waals surface area contributed by atoms with E-state index in [0.717, 1.165) is 17.5 Å². The van der Waals surface area contributed by atoms with E-state index in [1.165, 1.54) is 4.70 Å². The monoisotopic (exact) mass is 302 g/mol. The fourth-order valence-electron chi connectivity index (χ4n) is 2.63. The molecule has 1 aromatic heterocycles. The molecule has 0 saturated carbocycles. The van der Waals surface area contributed by atoms with Crippen LogP contribution < -0.4 is 10.2 Å². The SMILES string of the molecule is CCC(C)C1NC(=O)CN(c2ccc3sccc3c2)C1=O. The average Bonchev–Trinajstić information content (AvgIpc) is 2.95. The summed E-state index contributed by atoms with van der Waals surface area (Å²) in [6, 6.07) is 7.52. The van der Waals surface area contributed by atoms with Gasteiger partial charge in [-0.2, -0.15) is 0 Å². The standard InChI is InChI=1S/C16H18N2O2S/c1-3-10(2)15-16(20)18(9-14(19)17-15)12-4-5-13-11(8-12)6-7-21-13/h4-8,10,15H,3,9H2,1-2H3,(H,17,19). The molecule has 2 aromatic rings. The molecule has 4 nitrogen and oxygen atoms in total. The molecule has 1 aliphatic heterocycles. The van der Waals surface area contributed by atoms with Crippen molar-refractivity contribution < 1.29 is 9.59 Å².